The van der Waals surface area contributed by atoms with Gasteiger partial charge >= 0.3 is 0 Å². The number of primary sulfonamides is 1. The zero-order valence-electron chi connectivity index (χ0n) is 18.9. The van der Waals surface area contributed by atoms with E-state index in [1.807, 2.05) is 24.3 Å². The van der Waals surface area contributed by atoms with E-state index < -0.39 is 10.0 Å². The Morgan fingerprint density at radius 2 is 1.88 bits per heavy atom. The maximum Gasteiger partial charge on any atom is 0.239 e. The number of tetrazole rings is 1. The van der Waals surface area contributed by atoms with Gasteiger partial charge in [0.15, 0.2) is 5.82 Å². The quantitative estimate of drug-likeness (QED) is 0.412. The van der Waals surface area contributed by atoms with Gasteiger partial charge in [0, 0.05) is 41.5 Å². The van der Waals surface area contributed by atoms with Crippen LogP contribution in [0, 0.1) is 5.92 Å². The second-order valence-corrected chi connectivity index (χ2v) is 10.9. The van der Waals surface area contributed by atoms with E-state index in [2.05, 4.69) is 30.9 Å². The molecule has 0 radical (unpaired) electrons. The van der Waals surface area contributed by atoms with Crippen LogP contribution in [0.1, 0.15) is 49.3 Å². The van der Waals surface area contributed by atoms with Gasteiger partial charge in [-0.05, 0) is 78.6 Å². The Labute approximate surface area is 199 Å². The molecular formula is C23H30N8O2S. The smallest absolute Gasteiger partial charge is 0.239 e. The molecule has 1 saturated heterocycles. The maximum absolute atomic E-state index is 12.9. The summed E-state index contributed by atoms with van der Waals surface area (Å²) in [6.07, 6.45) is 7.27. The van der Waals surface area contributed by atoms with Crippen LogP contribution >= 0.6 is 0 Å². The van der Waals surface area contributed by atoms with E-state index in [1.54, 1.807) is 6.20 Å². The highest BCUT2D eigenvalue weighted by molar-refractivity contribution is 7.89. The van der Waals surface area contributed by atoms with Gasteiger partial charge in [0.25, 0.3) is 0 Å². The Bertz CT molecular complexity index is 1230. The predicted molar refractivity (Wildman–Crippen MR) is 128 cm³/mol. The summed E-state index contributed by atoms with van der Waals surface area (Å²) in [5.74, 6) is 1.00. The standard InChI is InChI=1S/C23H30N8O2S/c24-18-5-1-14(2-6-18)11-15-3-7-19(16-4-8-20(27-13-16)17-9-10-26-12-17)21(22(15)34(25,32)33)23-28-30-31-29-23/h3-4,7-8,13-14,17-18,26H,1-2,5-6,9-12,24H2,(H2,25,32,33)(H,28,29,30,31)/t14-,17?,18-. The average molecular weight is 483 g/mol. The van der Waals surface area contributed by atoms with Crippen LogP contribution < -0.4 is 16.2 Å². The van der Waals surface area contributed by atoms with E-state index in [4.69, 9.17) is 10.9 Å². The molecule has 3 aromatic rings. The molecule has 11 heteroatoms. The van der Waals surface area contributed by atoms with Crippen molar-refractivity contribution in [2.24, 2.45) is 16.8 Å². The van der Waals surface area contributed by atoms with Gasteiger partial charge in [-0.3, -0.25) is 4.98 Å². The monoisotopic (exact) mass is 482 g/mol. The van der Waals surface area contributed by atoms with E-state index >= 15 is 0 Å². The van der Waals surface area contributed by atoms with E-state index in [0.29, 0.717) is 34.9 Å². The van der Waals surface area contributed by atoms with Crippen molar-refractivity contribution in [1.29, 1.82) is 0 Å². The van der Waals surface area contributed by atoms with Crippen molar-refractivity contribution in [3.05, 3.63) is 41.7 Å². The first-order valence-corrected chi connectivity index (χ1v) is 13.3. The molecule has 2 aliphatic rings. The fourth-order valence-corrected chi connectivity index (χ4v) is 6.28. The number of pyridine rings is 1. The van der Waals surface area contributed by atoms with Crippen LogP contribution in [-0.2, 0) is 16.4 Å². The summed E-state index contributed by atoms with van der Waals surface area (Å²) in [5, 5.41) is 23.3. The summed E-state index contributed by atoms with van der Waals surface area (Å²) < 4.78 is 25.9. The Morgan fingerprint density at radius 1 is 1.06 bits per heavy atom. The highest BCUT2D eigenvalue weighted by Gasteiger charge is 2.28. The molecule has 1 aromatic carbocycles. The lowest BCUT2D eigenvalue weighted by Crippen LogP contribution is -2.27. The zero-order valence-corrected chi connectivity index (χ0v) is 19.8. The number of nitrogens with two attached hydrogens (primary N) is 2. The zero-order chi connectivity index (χ0) is 23.7. The molecular weight excluding hydrogens is 452 g/mol. The van der Waals surface area contributed by atoms with Gasteiger partial charge in [0.1, 0.15) is 0 Å². The van der Waals surface area contributed by atoms with Crippen LogP contribution in [0.25, 0.3) is 22.5 Å². The summed E-state index contributed by atoms with van der Waals surface area (Å²) in [6, 6.07) is 7.99. The van der Waals surface area contributed by atoms with Crippen molar-refractivity contribution in [2.45, 2.75) is 55.4 Å². The van der Waals surface area contributed by atoms with Crippen LogP contribution in [0.5, 0.6) is 0 Å². The fourth-order valence-electron chi connectivity index (χ4n) is 5.27. The van der Waals surface area contributed by atoms with E-state index in [-0.39, 0.29) is 16.8 Å². The highest BCUT2D eigenvalue weighted by Crippen LogP contribution is 2.39. The number of hydrogen-bond acceptors (Lipinski definition) is 8. The normalized spacial score (nSPS) is 23.3. The number of aromatic nitrogens is 5. The second-order valence-electron chi connectivity index (χ2n) is 9.42. The Kier molecular flexibility index (Phi) is 6.43. The number of sulfonamides is 1. The molecule has 0 amide bonds. The van der Waals surface area contributed by atoms with E-state index in [9.17, 15) is 8.42 Å². The van der Waals surface area contributed by atoms with Crippen LogP contribution in [0.2, 0.25) is 0 Å². The van der Waals surface area contributed by atoms with Gasteiger partial charge in [0.2, 0.25) is 10.0 Å². The molecule has 3 heterocycles. The maximum atomic E-state index is 12.9. The molecule has 6 N–H and O–H groups in total. The lowest BCUT2D eigenvalue weighted by molar-refractivity contribution is 0.323. The van der Waals surface area contributed by atoms with Crippen molar-refractivity contribution in [1.82, 2.24) is 30.9 Å². The third kappa shape index (κ3) is 4.74. The van der Waals surface area contributed by atoms with Gasteiger partial charge in [-0.15, -0.1) is 5.10 Å². The number of nitrogens with zero attached hydrogens (tertiary/aromatic N) is 4. The van der Waals surface area contributed by atoms with Crippen molar-refractivity contribution < 1.29 is 8.42 Å². The van der Waals surface area contributed by atoms with Crippen molar-refractivity contribution in [2.75, 3.05) is 13.1 Å². The number of benzene rings is 1. The largest absolute Gasteiger partial charge is 0.328 e. The first-order chi connectivity index (χ1) is 16.4. The molecule has 1 aliphatic carbocycles. The number of nitrogens with one attached hydrogen (secondary N) is 2. The second kappa shape index (κ2) is 9.49. The molecule has 2 aromatic heterocycles. The molecule has 0 spiro atoms. The molecule has 180 valence electrons. The topological polar surface area (TPSA) is 166 Å². The third-order valence-electron chi connectivity index (χ3n) is 7.08. The van der Waals surface area contributed by atoms with Gasteiger partial charge in [-0.2, -0.15) is 0 Å². The molecule has 1 atom stereocenters. The molecule has 5 rings (SSSR count). The summed E-state index contributed by atoms with van der Waals surface area (Å²) >= 11 is 0. The number of aromatic amines is 1. The molecule has 1 saturated carbocycles. The van der Waals surface area contributed by atoms with E-state index in [1.165, 1.54) is 0 Å². The lowest BCUT2D eigenvalue weighted by atomic mass is 9.82. The summed E-state index contributed by atoms with van der Waals surface area (Å²) in [6.45, 7) is 1.90. The molecule has 1 aliphatic heterocycles. The van der Waals surface area contributed by atoms with Crippen LogP contribution in [0.4, 0.5) is 0 Å². The van der Waals surface area contributed by atoms with Crippen LogP contribution in [-0.4, -0.2) is 53.2 Å². The Morgan fingerprint density at radius 3 is 2.50 bits per heavy atom. The third-order valence-corrected chi connectivity index (χ3v) is 8.12. The van der Waals surface area contributed by atoms with Crippen molar-refractivity contribution in [3.8, 4) is 22.5 Å². The minimum Gasteiger partial charge on any atom is -0.328 e. The first kappa shape index (κ1) is 23.0. The first-order valence-electron chi connectivity index (χ1n) is 11.8. The predicted octanol–water partition coefficient (Wildman–Crippen LogP) is 1.71. The summed E-state index contributed by atoms with van der Waals surface area (Å²) in [4.78, 5) is 4.75. The molecule has 2 fully saturated rings. The molecule has 10 nitrogen and oxygen atoms in total. The van der Waals surface area contributed by atoms with E-state index in [0.717, 1.165) is 56.5 Å². The number of H-pyrrole nitrogens is 1. The fraction of sp³-hybridized carbons (Fsp3) is 0.478. The van der Waals surface area contributed by atoms with Crippen LogP contribution in [0.3, 0.4) is 0 Å². The molecule has 1 unspecified atom stereocenters. The van der Waals surface area contributed by atoms with Crippen molar-refractivity contribution >= 4 is 10.0 Å². The Hall–Kier alpha value is -2.73. The van der Waals surface area contributed by atoms with Gasteiger partial charge < -0.3 is 11.1 Å². The summed E-state index contributed by atoms with van der Waals surface area (Å²) in [5.41, 5.74) is 9.59. The highest BCUT2D eigenvalue weighted by atomic mass is 32.2. The van der Waals surface area contributed by atoms with Gasteiger partial charge in [-0.25, -0.2) is 18.7 Å². The van der Waals surface area contributed by atoms with Crippen LogP contribution in [0.15, 0.2) is 35.4 Å². The molecule has 0 bridgehead atoms. The lowest BCUT2D eigenvalue weighted by Gasteiger charge is -2.27. The van der Waals surface area contributed by atoms with Gasteiger partial charge in [0.05, 0.1) is 4.90 Å². The van der Waals surface area contributed by atoms with Gasteiger partial charge in [-0.1, -0.05) is 18.2 Å². The number of rotatable bonds is 6. The minimum absolute atomic E-state index is 0.0718. The molecule has 34 heavy (non-hydrogen) atoms. The van der Waals surface area contributed by atoms with Crippen molar-refractivity contribution in [3.63, 3.8) is 0 Å². The number of hydrogen-bond donors (Lipinski definition) is 4. The summed E-state index contributed by atoms with van der Waals surface area (Å²) in [7, 11) is -4.07. The Balaban J connectivity index is 1.59. The average Bonchev–Trinajstić information content (AvgIpc) is 3.54. The minimum atomic E-state index is -4.07. The SMILES string of the molecule is NS(=O)(=O)c1c(C[C@H]2CC[C@H](N)CC2)ccc(-c2ccc(C3CCNC3)nc2)c1-c1nnn[nH]1.